The summed E-state index contributed by atoms with van der Waals surface area (Å²) in [6.07, 6.45) is 9.05. The SMILES string of the molecule is N#C/C(=C/c1ccc(OCC(=O)NC[C@H]2CCCO2)cc1)C(=O)NC1CCCCC1. The molecule has 2 fully saturated rings. The van der Waals surface area contributed by atoms with E-state index in [0.717, 1.165) is 50.7 Å². The van der Waals surface area contributed by atoms with Crippen LogP contribution in [-0.2, 0) is 14.3 Å². The van der Waals surface area contributed by atoms with Crippen LogP contribution in [0.25, 0.3) is 6.08 Å². The fraction of sp³-hybridized carbons (Fsp3) is 0.522. The second-order valence-electron chi connectivity index (χ2n) is 7.78. The lowest BCUT2D eigenvalue weighted by Gasteiger charge is -2.22. The molecule has 2 aliphatic rings. The summed E-state index contributed by atoms with van der Waals surface area (Å²) in [5, 5.41) is 15.1. The standard InChI is InChI=1S/C23H29N3O4/c24-14-18(23(28)26-19-5-2-1-3-6-19)13-17-8-10-20(11-9-17)30-16-22(27)25-15-21-7-4-12-29-21/h8-11,13,19,21H,1-7,12,15-16H2,(H,25,27)(H,26,28)/b18-13-/t21-/m1/s1. The zero-order valence-corrected chi connectivity index (χ0v) is 17.2. The highest BCUT2D eigenvalue weighted by Gasteiger charge is 2.18. The molecule has 0 unspecified atom stereocenters. The van der Waals surface area contributed by atoms with Crippen LogP contribution >= 0.6 is 0 Å². The summed E-state index contributed by atoms with van der Waals surface area (Å²) in [6.45, 7) is 1.19. The predicted molar refractivity (Wildman–Crippen MR) is 113 cm³/mol. The van der Waals surface area contributed by atoms with Crippen LogP contribution in [0.2, 0.25) is 0 Å². The van der Waals surface area contributed by atoms with E-state index in [2.05, 4.69) is 10.6 Å². The van der Waals surface area contributed by atoms with Gasteiger partial charge in [0.2, 0.25) is 0 Å². The number of nitrogens with zero attached hydrogens (tertiary/aromatic N) is 1. The van der Waals surface area contributed by atoms with Crippen LogP contribution in [-0.4, -0.2) is 43.7 Å². The maximum atomic E-state index is 12.4. The first kappa shape index (κ1) is 21.8. The molecule has 2 N–H and O–H groups in total. The number of hydrogen-bond acceptors (Lipinski definition) is 5. The van der Waals surface area contributed by atoms with Crippen molar-refractivity contribution in [3.05, 3.63) is 35.4 Å². The molecule has 1 saturated carbocycles. The van der Waals surface area contributed by atoms with Gasteiger partial charge in [0.15, 0.2) is 6.61 Å². The minimum absolute atomic E-state index is 0.0743. The van der Waals surface area contributed by atoms with Crippen molar-refractivity contribution in [2.45, 2.75) is 57.1 Å². The maximum Gasteiger partial charge on any atom is 0.262 e. The molecule has 1 saturated heterocycles. The summed E-state index contributed by atoms with van der Waals surface area (Å²) in [5.74, 6) is 0.0258. The van der Waals surface area contributed by atoms with Gasteiger partial charge in [0.25, 0.3) is 11.8 Å². The van der Waals surface area contributed by atoms with Crippen molar-refractivity contribution in [1.29, 1.82) is 5.26 Å². The van der Waals surface area contributed by atoms with Gasteiger partial charge in [-0.15, -0.1) is 0 Å². The number of carbonyl (C=O) groups excluding carboxylic acids is 2. The molecule has 30 heavy (non-hydrogen) atoms. The smallest absolute Gasteiger partial charge is 0.262 e. The average Bonchev–Trinajstić information content (AvgIpc) is 3.30. The van der Waals surface area contributed by atoms with E-state index in [-0.39, 0.29) is 36.1 Å². The van der Waals surface area contributed by atoms with Gasteiger partial charge in [0.05, 0.1) is 6.10 Å². The Balaban J connectivity index is 1.46. The first-order chi connectivity index (χ1) is 14.6. The minimum Gasteiger partial charge on any atom is -0.484 e. The lowest BCUT2D eigenvalue weighted by atomic mass is 9.95. The molecule has 0 aromatic heterocycles. The van der Waals surface area contributed by atoms with Crippen LogP contribution in [0, 0.1) is 11.3 Å². The zero-order chi connectivity index (χ0) is 21.2. The largest absolute Gasteiger partial charge is 0.484 e. The van der Waals surface area contributed by atoms with Gasteiger partial charge in [0, 0.05) is 19.2 Å². The Kier molecular flexibility index (Phi) is 8.28. The van der Waals surface area contributed by atoms with Crippen molar-refractivity contribution < 1.29 is 19.1 Å². The Morgan fingerprint density at radius 2 is 1.90 bits per heavy atom. The van der Waals surface area contributed by atoms with E-state index < -0.39 is 0 Å². The molecule has 0 radical (unpaired) electrons. The van der Waals surface area contributed by atoms with Gasteiger partial charge >= 0.3 is 0 Å². The number of hydrogen-bond donors (Lipinski definition) is 2. The molecule has 160 valence electrons. The Hall–Kier alpha value is -2.85. The molecule has 1 atom stereocenters. The third kappa shape index (κ3) is 6.89. The number of carbonyl (C=O) groups is 2. The van der Waals surface area contributed by atoms with Crippen LogP contribution in [0.15, 0.2) is 29.8 Å². The normalized spacial score (nSPS) is 19.7. The Labute approximate surface area is 177 Å². The second kappa shape index (κ2) is 11.4. The minimum atomic E-state index is -0.326. The summed E-state index contributed by atoms with van der Waals surface area (Å²) >= 11 is 0. The number of amides is 2. The van der Waals surface area contributed by atoms with Crippen LogP contribution < -0.4 is 15.4 Å². The summed E-state index contributed by atoms with van der Waals surface area (Å²) < 4.78 is 11.0. The second-order valence-corrected chi connectivity index (χ2v) is 7.78. The summed E-state index contributed by atoms with van der Waals surface area (Å²) in [5.41, 5.74) is 0.809. The average molecular weight is 412 g/mol. The van der Waals surface area contributed by atoms with Crippen LogP contribution in [0.5, 0.6) is 5.75 Å². The van der Waals surface area contributed by atoms with Gasteiger partial charge in [-0.2, -0.15) is 5.26 Å². The maximum absolute atomic E-state index is 12.4. The van der Waals surface area contributed by atoms with Crippen LogP contribution in [0.3, 0.4) is 0 Å². The highest BCUT2D eigenvalue weighted by atomic mass is 16.5. The summed E-state index contributed by atoms with van der Waals surface area (Å²) in [7, 11) is 0. The molecule has 1 aliphatic carbocycles. The van der Waals surface area contributed by atoms with Gasteiger partial charge < -0.3 is 20.1 Å². The van der Waals surface area contributed by atoms with Crippen molar-refractivity contribution in [2.24, 2.45) is 0 Å². The molecule has 0 bridgehead atoms. The molecule has 7 nitrogen and oxygen atoms in total. The zero-order valence-electron chi connectivity index (χ0n) is 17.2. The topological polar surface area (TPSA) is 100 Å². The molecular formula is C23H29N3O4. The van der Waals surface area contributed by atoms with Gasteiger partial charge in [-0.3, -0.25) is 9.59 Å². The van der Waals surface area contributed by atoms with E-state index in [1.54, 1.807) is 30.3 Å². The Morgan fingerprint density at radius 1 is 1.13 bits per heavy atom. The molecule has 7 heteroatoms. The lowest BCUT2D eigenvalue weighted by Crippen LogP contribution is -2.36. The highest BCUT2D eigenvalue weighted by molar-refractivity contribution is 6.01. The quantitative estimate of drug-likeness (QED) is 0.506. The fourth-order valence-electron chi connectivity index (χ4n) is 3.72. The van der Waals surface area contributed by atoms with E-state index in [0.29, 0.717) is 12.3 Å². The molecule has 1 aliphatic heterocycles. The lowest BCUT2D eigenvalue weighted by molar-refractivity contribution is -0.123. The molecule has 3 rings (SSSR count). The molecule has 0 spiro atoms. The number of ether oxygens (including phenoxy) is 2. The first-order valence-corrected chi connectivity index (χ1v) is 10.7. The fourth-order valence-corrected chi connectivity index (χ4v) is 3.72. The predicted octanol–water partition coefficient (Wildman–Crippen LogP) is 2.72. The molecule has 1 aromatic carbocycles. The van der Waals surface area contributed by atoms with Gasteiger partial charge in [-0.1, -0.05) is 31.4 Å². The van der Waals surface area contributed by atoms with Gasteiger partial charge in [-0.25, -0.2) is 0 Å². The summed E-state index contributed by atoms with van der Waals surface area (Å²) in [6, 6.07) is 9.08. The molecular weight excluding hydrogens is 382 g/mol. The van der Waals surface area contributed by atoms with Crippen molar-refractivity contribution in [3.8, 4) is 11.8 Å². The van der Waals surface area contributed by atoms with Crippen LogP contribution in [0.1, 0.15) is 50.5 Å². The number of rotatable bonds is 8. The van der Waals surface area contributed by atoms with Crippen LogP contribution in [0.4, 0.5) is 0 Å². The summed E-state index contributed by atoms with van der Waals surface area (Å²) in [4.78, 5) is 24.2. The van der Waals surface area contributed by atoms with Gasteiger partial charge in [0.1, 0.15) is 17.4 Å². The highest BCUT2D eigenvalue weighted by Crippen LogP contribution is 2.19. The van der Waals surface area contributed by atoms with Gasteiger partial charge in [-0.05, 0) is 49.5 Å². The van der Waals surface area contributed by atoms with Crippen molar-refractivity contribution in [2.75, 3.05) is 19.8 Å². The van der Waals surface area contributed by atoms with Crippen molar-refractivity contribution in [3.63, 3.8) is 0 Å². The van der Waals surface area contributed by atoms with E-state index in [9.17, 15) is 14.9 Å². The van der Waals surface area contributed by atoms with E-state index in [1.165, 1.54) is 6.42 Å². The Morgan fingerprint density at radius 3 is 2.57 bits per heavy atom. The monoisotopic (exact) mass is 411 g/mol. The van der Waals surface area contributed by atoms with E-state index in [4.69, 9.17) is 9.47 Å². The number of nitrogens with one attached hydrogen (secondary N) is 2. The van der Waals surface area contributed by atoms with E-state index in [1.807, 2.05) is 6.07 Å². The Bertz CT molecular complexity index is 786. The molecule has 2 amide bonds. The number of benzene rings is 1. The van der Waals surface area contributed by atoms with Crippen molar-refractivity contribution >= 4 is 17.9 Å². The third-order valence-electron chi connectivity index (χ3n) is 5.42. The first-order valence-electron chi connectivity index (χ1n) is 10.7. The molecule has 1 aromatic rings. The molecule has 1 heterocycles. The van der Waals surface area contributed by atoms with E-state index >= 15 is 0 Å². The van der Waals surface area contributed by atoms with Crippen molar-refractivity contribution in [1.82, 2.24) is 10.6 Å². The third-order valence-corrected chi connectivity index (χ3v) is 5.42. The number of nitriles is 1.